The molecule has 0 radical (unpaired) electrons. The van der Waals surface area contributed by atoms with E-state index >= 15 is 0 Å². The average molecular weight is 381 g/mol. The van der Waals surface area contributed by atoms with Crippen LogP contribution in [0.25, 0.3) is 22.2 Å². The van der Waals surface area contributed by atoms with Crippen LogP contribution in [0.2, 0.25) is 0 Å². The number of hydrogen-bond donors (Lipinski definition) is 3. The van der Waals surface area contributed by atoms with E-state index in [4.69, 9.17) is 15.9 Å². The van der Waals surface area contributed by atoms with Crippen LogP contribution in [0.15, 0.2) is 46.2 Å². The van der Waals surface area contributed by atoms with Crippen LogP contribution in [0.5, 0.6) is 0 Å². The minimum absolute atomic E-state index is 0. The van der Waals surface area contributed by atoms with Gasteiger partial charge in [0.05, 0.1) is 18.7 Å². The molecule has 2 aromatic carbocycles. The number of nitrogens with zero attached hydrogens (tertiary/aromatic N) is 2. The molecular formula is C17H21ClN4O2S. The Morgan fingerprint density at radius 1 is 1.16 bits per heavy atom. The van der Waals surface area contributed by atoms with Gasteiger partial charge in [0.2, 0.25) is 0 Å². The van der Waals surface area contributed by atoms with Gasteiger partial charge in [-0.3, -0.25) is 4.68 Å². The maximum Gasteiger partial charge on any atom is 0.103 e. The zero-order valence-electron chi connectivity index (χ0n) is 13.5. The molecule has 3 aromatic rings. The van der Waals surface area contributed by atoms with Crippen LogP contribution in [0, 0.1) is 0 Å². The molecule has 0 bridgehead atoms. The zero-order chi connectivity index (χ0) is 15.8. The van der Waals surface area contributed by atoms with E-state index in [1.807, 2.05) is 28.9 Å². The molecule has 1 aliphatic rings. The van der Waals surface area contributed by atoms with Gasteiger partial charge in [-0.05, 0) is 18.2 Å². The molecule has 134 valence electrons. The van der Waals surface area contributed by atoms with Gasteiger partial charge in [0.25, 0.3) is 0 Å². The molecule has 2 heterocycles. The van der Waals surface area contributed by atoms with E-state index in [2.05, 4.69) is 17.4 Å². The lowest BCUT2D eigenvalue weighted by atomic mass is 10.1. The van der Waals surface area contributed by atoms with Gasteiger partial charge >= 0.3 is 0 Å². The van der Waals surface area contributed by atoms with E-state index in [-0.39, 0.29) is 24.5 Å². The van der Waals surface area contributed by atoms with Crippen molar-refractivity contribution < 1.29 is 10.6 Å². The molecule has 6 N–H and O–H groups in total. The van der Waals surface area contributed by atoms with Crippen LogP contribution < -0.4 is 11.1 Å². The van der Waals surface area contributed by atoms with Crippen LogP contribution in [0.1, 0.15) is 0 Å². The van der Waals surface area contributed by atoms with Crippen molar-refractivity contribution in [3.63, 3.8) is 0 Å². The number of aliphatic hydroxyl groups is 1. The molecule has 0 unspecified atom stereocenters. The van der Waals surface area contributed by atoms with Crippen molar-refractivity contribution in [2.75, 3.05) is 25.4 Å². The van der Waals surface area contributed by atoms with Crippen molar-refractivity contribution in [1.82, 2.24) is 15.1 Å². The van der Waals surface area contributed by atoms with Gasteiger partial charge in [-0.15, -0.1) is 12.4 Å². The summed E-state index contributed by atoms with van der Waals surface area (Å²) in [5, 5.41) is 18.1. The highest BCUT2D eigenvalue weighted by atomic mass is 35.5. The second kappa shape index (κ2) is 8.07. The summed E-state index contributed by atoms with van der Waals surface area (Å²) < 4.78 is 2.03. The molecule has 0 atom stereocenters. The minimum atomic E-state index is 0. The summed E-state index contributed by atoms with van der Waals surface area (Å²) in [5.74, 6) is 0. The van der Waals surface area contributed by atoms with Crippen LogP contribution in [-0.2, 0) is 6.54 Å². The first kappa shape index (κ1) is 19.6. The minimum Gasteiger partial charge on any atom is -0.412 e. The summed E-state index contributed by atoms with van der Waals surface area (Å²) in [6, 6.07) is 12.3. The third-order valence-corrected chi connectivity index (χ3v) is 5.26. The predicted molar refractivity (Wildman–Crippen MR) is 105 cm³/mol. The van der Waals surface area contributed by atoms with Crippen LogP contribution in [0.3, 0.4) is 0 Å². The molecule has 1 aliphatic heterocycles. The van der Waals surface area contributed by atoms with E-state index in [1.54, 1.807) is 11.8 Å². The Balaban J connectivity index is 0.00000113. The summed E-state index contributed by atoms with van der Waals surface area (Å²) in [6.07, 6.45) is 0. The highest BCUT2D eigenvalue weighted by Crippen LogP contribution is 2.49. The Labute approximate surface area is 156 Å². The number of nitrogens with one attached hydrogen (secondary N) is 1. The molecule has 0 aliphatic carbocycles. The third kappa shape index (κ3) is 3.33. The second-order valence-corrected chi connectivity index (χ2v) is 6.57. The average Bonchev–Trinajstić information content (AvgIpc) is 2.95. The monoisotopic (exact) mass is 380 g/mol. The van der Waals surface area contributed by atoms with Gasteiger partial charge < -0.3 is 21.6 Å². The number of benzene rings is 2. The smallest absolute Gasteiger partial charge is 0.103 e. The summed E-state index contributed by atoms with van der Waals surface area (Å²) in [5.41, 5.74) is 10.3. The standard InChI is InChI=1S/C17H18N4OS.ClH.H2O/c18-12-5-6-13-15-16(20-21(13)9-7-19-8-10-22)11-3-1-2-4-14(11)23-17(12)15;;/h1-6,19,22H,7-10,18H2;1H;1H2. The van der Waals surface area contributed by atoms with Gasteiger partial charge in [0.15, 0.2) is 0 Å². The van der Waals surface area contributed by atoms with Crippen LogP contribution in [-0.4, -0.2) is 40.1 Å². The lowest BCUT2D eigenvalue weighted by Gasteiger charge is -2.16. The third-order valence-electron chi connectivity index (χ3n) is 4.04. The van der Waals surface area contributed by atoms with Crippen LogP contribution >= 0.6 is 24.2 Å². The van der Waals surface area contributed by atoms with Crippen molar-refractivity contribution in [3.8, 4) is 11.3 Å². The number of anilines is 1. The van der Waals surface area contributed by atoms with Gasteiger partial charge in [-0.25, -0.2) is 0 Å². The van der Waals surface area contributed by atoms with E-state index in [0.29, 0.717) is 6.54 Å². The van der Waals surface area contributed by atoms with Gasteiger partial charge in [0.1, 0.15) is 5.69 Å². The first-order valence-electron chi connectivity index (χ1n) is 7.67. The fraction of sp³-hybridized carbons (Fsp3) is 0.235. The molecule has 4 rings (SSSR count). The van der Waals surface area contributed by atoms with Crippen molar-refractivity contribution in [2.45, 2.75) is 16.3 Å². The Morgan fingerprint density at radius 2 is 1.96 bits per heavy atom. The number of aliphatic hydroxyl groups excluding tert-OH is 1. The lowest BCUT2D eigenvalue weighted by Crippen LogP contribution is -2.23. The number of hydrogen-bond acceptors (Lipinski definition) is 5. The predicted octanol–water partition coefficient (Wildman–Crippen LogP) is 1.93. The number of fused-ring (bicyclic) bond motifs is 2. The molecule has 8 heteroatoms. The summed E-state index contributed by atoms with van der Waals surface area (Å²) in [7, 11) is 0. The number of halogens is 1. The Morgan fingerprint density at radius 3 is 2.76 bits per heavy atom. The highest BCUT2D eigenvalue weighted by Gasteiger charge is 2.24. The Hall–Kier alpha value is -1.77. The maximum atomic E-state index is 8.86. The topological polar surface area (TPSA) is 108 Å². The molecule has 6 nitrogen and oxygen atoms in total. The Kier molecular flexibility index (Phi) is 6.31. The maximum absolute atomic E-state index is 8.86. The fourth-order valence-corrected chi connectivity index (χ4v) is 4.11. The summed E-state index contributed by atoms with van der Waals surface area (Å²) >= 11 is 1.72. The van der Waals surface area contributed by atoms with Crippen molar-refractivity contribution >= 4 is 40.8 Å². The highest BCUT2D eigenvalue weighted by molar-refractivity contribution is 8.00. The van der Waals surface area contributed by atoms with E-state index in [9.17, 15) is 0 Å². The molecule has 1 aromatic heterocycles. The molecule has 25 heavy (non-hydrogen) atoms. The number of aromatic nitrogens is 2. The van der Waals surface area contributed by atoms with Gasteiger partial charge in [-0.1, -0.05) is 30.0 Å². The molecular weight excluding hydrogens is 360 g/mol. The molecule has 0 saturated carbocycles. The fourth-order valence-electron chi connectivity index (χ4n) is 2.98. The van der Waals surface area contributed by atoms with Crippen molar-refractivity contribution in [1.29, 1.82) is 0 Å². The normalized spacial score (nSPS) is 11.6. The Bertz CT molecular complexity index is 884. The molecule has 0 amide bonds. The van der Waals surface area contributed by atoms with Crippen LogP contribution in [0.4, 0.5) is 5.69 Å². The molecule has 0 fully saturated rings. The largest absolute Gasteiger partial charge is 0.412 e. The van der Waals surface area contributed by atoms with E-state index in [0.717, 1.165) is 40.3 Å². The number of nitrogens with two attached hydrogens (primary N) is 1. The molecule has 0 spiro atoms. The first-order chi connectivity index (χ1) is 11.3. The van der Waals surface area contributed by atoms with Crippen molar-refractivity contribution in [3.05, 3.63) is 36.4 Å². The summed E-state index contributed by atoms with van der Waals surface area (Å²) in [6.45, 7) is 2.27. The quantitative estimate of drug-likeness (QED) is 0.362. The lowest BCUT2D eigenvalue weighted by molar-refractivity contribution is 0.291. The molecule has 0 saturated heterocycles. The first-order valence-corrected chi connectivity index (χ1v) is 8.49. The zero-order valence-corrected chi connectivity index (χ0v) is 15.2. The number of rotatable bonds is 5. The second-order valence-electron chi connectivity index (χ2n) is 5.52. The SMILES string of the molecule is Cl.Nc1ccc2c3c(nn2CCNCCO)-c2ccccc2Sc13.O. The van der Waals surface area contributed by atoms with E-state index < -0.39 is 0 Å². The van der Waals surface area contributed by atoms with Gasteiger partial charge in [0, 0.05) is 39.5 Å². The number of nitrogen functional groups attached to an aromatic ring is 1. The van der Waals surface area contributed by atoms with Crippen molar-refractivity contribution in [2.24, 2.45) is 0 Å². The van der Waals surface area contributed by atoms with E-state index in [1.165, 1.54) is 10.5 Å². The van der Waals surface area contributed by atoms with Gasteiger partial charge in [-0.2, -0.15) is 5.10 Å². The summed E-state index contributed by atoms with van der Waals surface area (Å²) in [4.78, 5) is 2.30.